The van der Waals surface area contributed by atoms with Crippen molar-refractivity contribution < 1.29 is 0 Å². The lowest BCUT2D eigenvalue weighted by atomic mass is 10.1. The van der Waals surface area contributed by atoms with Gasteiger partial charge in [-0.3, -0.25) is 4.98 Å². The molecule has 0 saturated carbocycles. The van der Waals surface area contributed by atoms with Gasteiger partial charge in [-0.15, -0.1) is 0 Å². The summed E-state index contributed by atoms with van der Waals surface area (Å²) in [6, 6.07) is 8.06. The molecule has 0 amide bonds. The Bertz CT molecular complexity index is 516. The minimum absolute atomic E-state index is 0.768. The minimum Gasteiger partial charge on any atom is -0.399 e. The number of aromatic nitrogens is 1. The van der Waals surface area contributed by atoms with Crippen LogP contribution in [0.2, 0.25) is 0 Å². The number of benzene rings is 1. The van der Waals surface area contributed by atoms with Crippen molar-refractivity contribution in [2.24, 2.45) is 0 Å². The number of fused-ring (bicyclic) bond motifs is 1. The summed E-state index contributed by atoms with van der Waals surface area (Å²) >= 11 is 0. The second kappa shape index (κ2) is 5.71. The number of nitrogens with two attached hydrogens (primary N) is 1. The summed E-state index contributed by atoms with van der Waals surface area (Å²) < 4.78 is 0. The monoisotopic (exact) mass is 243 g/mol. The van der Waals surface area contributed by atoms with Crippen LogP contribution >= 0.6 is 0 Å². The number of rotatable bonds is 5. The van der Waals surface area contributed by atoms with Crippen molar-refractivity contribution in [3.63, 3.8) is 0 Å². The molecular weight excluding hydrogens is 222 g/mol. The maximum atomic E-state index is 5.81. The fraction of sp³-hybridized carbons (Fsp3) is 0.400. The Morgan fingerprint density at radius 2 is 1.83 bits per heavy atom. The molecule has 0 atom stereocenters. The van der Waals surface area contributed by atoms with Crippen LogP contribution in [0.25, 0.3) is 10.9 Å². The van der Waals surface area contributed by atoms with Gasteiger partial charge in [0, 0.05) is 36.0 Å². The highest BCUT2D eigenvalue weighted by Gasteiger charge is 2.09. The number of nitrogen functional groups attached to an aromatic ring is 1. The van der Waals surface area contributed by atoms with Crippen LogP contribution in [0.1, 0.15) is 26.7 Å². The van der Waals surface area contributed by atoms with Crippen LogP contribution in [0, 0.1) is 0 Å². The number of hydrogen-bond acceptors (Lipinski definition) is 3. The summed E-state index contributed by atoms with van der Waals surface area (Å²) in [5.41, 5.74) is 8.83. The molecule has 3 heteroatoms. The maximum absolute atomic E-state index is 5.81. The third-order valence-corrected chi connectivity index (χ3v) is 3.07. The Hall–Kier alpha value is -1.77. The lowest BCUT2D eigenvalue weighted by Gasteiger charge is -2.25. The quantitative estimate of drug-likeness (QED) is 0.818. The first-order chi connectivity index (χ1) is 8.76. The number of anilines is 2. The van der Waals surface area contributed by atoms with Crippen molar-refractivity contribution in [2.75, 3.05) is 23.7 Å². The van der Waals surface area contributed by atoms with Gasteiger partial charge in [-0.05, 0) is 37.1 Å². The van der Waals surface area contributed by atoms with E-state index in [2.05, 4.69) is 35.9 Å². The van der Waals surface area contributed by atoms with Gasteiger partial charge in [0.2, 0.25) is 0 Å². The zero-order valence-corrected chi connectivity index (χ0v) is 11.2. The van der Waals surface area contributed by atoms with Crippen molar-refractivity contribution in [3.05, 3.63) is 30.5 Å². The second-order valence-electron chi connectivity index (χ2n) is 4.59. The molecule has 0 fully saturated rings. The fourth-order valence-corrected chi connectivity index (χ4v) is 2.32. The fourth-order valence-electron chi connectivity index (χ4n) is 2.32. The van der Waals surface area contributed by atoms with Crippen molar-refractivity contribution in [1.29, 1.82) is 0 Å². The van der Waals surface area contributed by atoms with Gasteiger partial charge >= 0.3 is 0 Å². The van der Waals surface area contributed by atoms with Gasteiger partial charge in [0.25, 0.3) is 0 Å². The van der Waals surface area contributed by atoms with E-state index in [-0.39, 0.29) is 0 Å². The van der Waals surface area contributed by atoms with Crippen LogP contribution < -0.4 is 10.6 Å². The van der Waals surface area contributed by atoms with Crippen molar-refractivity contribution in [1.82, 2.24) is 4.98 Å². The number of nitrogens with zero attached hydrogens (tertiary/aromatic N) is 2. The topological polar surface area (TPSA) is 42.2 Å². The molecule has 0 aliphatic carbocycles. The number of pyridine rings is 1. The smallest absolute Gasteiger partial charge is 0.0743 e. The van der Waals surface area contributed by atoms with Crippen LogP contribution in [0.3, 0.4) is 0 Å². The zero-order chi connectivity index (χ0) is 13.0. The highest BCUT2D eigenvalue weighted by molar-refractivity contribution is 5.93. The van der Waals surface area contributed by atoms with Crippen molar-refractivity contribution in [3.8, 4) is 0 Å². The van der Waals surface area contributed by atoms with E-state index in [1.165, 1.54) is 11.1 Å². The van der Waals surface area contributed by atoms with E-state index in [9.17, 15) is 0 Å². The average Bonchev–Trinajstić information content (AvgIpc) is 2.37. The zero-order valence-electron chi connectivity index (χ0n) is 11.2. The standard InChI is InChI=1S/C15H21N3/c1-3-9-18(10-4-2)15-7-8-17-14-11-12(16)5-6-13(14)15/h5-8,11H,3-4,9-10,16H2,1-2H3. The molecular formula is C15H21N3. The van der Waals surface area contributed by atoms with Gasteiger partial charge in [0.1, 0.15) is 0 Å². The van der Waals surface area contributed by atoms with Gasteiger partial charge in [-0.25, -0.2) is 0 Å². The molecule has 0 spiro atoms. The molecule has 0 aliphatic rings. The maximum Gasteiger partial charge on any atom is 0.0743 e. The van der Waals surface area contributed by atoms with Gasteiger partial charge < -0.3 is 10.6 Å². The molecule has 1 heterocycles. The molecule has 1 aromatic heterocycles. The van der Waals surface area contributed by atoms with Crippen LogP contribution in [0.4, 0.5) is 11.4 Å². The average molecular weight is 243 g/mol. The molecule has 2 N–H and O–H groups in total. The predicted molar refractivity (Wildman–Crippen MR) is 79.0 cm³/mol. The molecule has 0 radical (unpaired) electrons. The summed E-state index contributed by atoms with van der Waals surface area (Å²) in [4.78, 5) is 6.83. The molecule has 2 aromatic rings. The Labute approximate surface area is 109 Å². The van der Waals surface area contributed by atoms with Crippen LogP contribution in [0.5, 0.6) is 0 Å². The largest absolute Gasteiger partial charge is 0.399 e. The summed E-state index contributed by atoms with van der Waals surface area (Å²) in [5, 5.41) is 1.19. The third-order valence-electron chi connectivity index (χ3n) is 3.07. The summed E-state index contributed by atoms with van der Waals surface area (Å²) in [6.07, 6.45) is 4.17. The second-order valence-corrected chi connectivity index (χ2v) is 4.59. The van der Waals surface area contributed by atoms with E-state index in [1.807, 2.05) is 18.3 Å². The first kappa shape index (κ1) is 12.7. The Morgan fingerprint density at radius 3 is 2.50 bits per heavy atom. The van der Waals surface area contributed by atoms with E-state index >= 15 is 0 Å². The van der Waals surface area contributed by atoms with E-state index in [0.29, 0.717) is 0 Å². The first-order valence-electron chi connectivity index (χ1n) is 6.65. The molecule has 18 heavy (non-hydrogen) atoms. The molecule has 3 nitrogen and oxygen atoms in total. The van der Waals surface area contributed by atoms with Crippen LogP contribution in [-0.4, -0.2) is 18.1 Å². The van der Waals surface area contributed by atoms with Crippen molar-refractivity contribution >= 4 is 22.3 Å². The summed E-state index contributed by atoms with van der Waals surface area (Å²) in [7, 11) is 0. The highest BCUT2D eigenvalue weighted by Crippen LogP contribution is 2.27. The molecule has 0 unspecified atom stereocenters. The first-order valence-corrected chi connectivity index (χ1v) is 6.65. The predicted octanol–water partition coefficient (Wildman–Crippen LogP) is 3.44. The van der Waals surface area contributed by atoms with E-state index in [0.717, 1.165) is 37.1 Å². The molecule has 0 aliphatic heterocycles. The molecule has 0 bridgehead atoms. The van der Waals surface area contributed by atoms with Crippen molar-refractivity contribution in [2.45, 2.75) is 26.7 Å². The summed E-state index contributed by atoms with van der Waals surface area (Å²) in [6.45, 7) is 6.59. The van der Waals surface area contributed by atoms with Gasteiger partial charge in [0.15, 0.2) is 0 Å². The Kier molecular flexibility index (Phi) is 4.03. The lowest BCUT2D eigenvalue weighted by Crippen LogP contribution is -2.25. The van der Waals surface area contributed by atoms with E-state index < -0.39 is 0 Å². The van der Waals surface area contributed by atoms with Crippen LogP contribution in [0.15, 0.2) is 30.5 Å². The molecule has 96 valence electrons. The van der Waals surface area contributed by atoms with Gasteiger partial charge in [-0.1, -0.05) is 13.8 Å². The molecule has 0 saturated heterocycles. The SMILES string of the molecule is CCCN(CCC)c1ccnc2cc(N)ccc12. The molecule has 2 rings (SSSR count). The molecule has 1 aromatic carbocycles. The van der Waals surface area contributed by atoms with E-state index in [1.54, 1.807) is 0 Å². The number of hydrogen-bond donors (Lipinski definition) is 1. The third kappa shape index (κ3) is 2.55. The normalized spacial score (nSPS) is 10.8. The highest BCUT2D eigenvalue weighted by atomic mass is 15.1. The van der Waals surface area contributed by atoms with Gasteiger partial charge in [0.05, 0.1) is 5.52 Å². The van der Waals surface area contributed by atoms with Gasteiger partial charge in [-0.2, -0.15) is 0 Å². The summed E-state index contributed by atoms with van der Waals surface area (Å²) in [5.74, 6) is 0. The minimum atomic E-state index is 0.768. The van der Waals surface area contributed by atoms with Crippen LogP contribution in [-0.2, 0) is 0 Å². The Morgan fingerprint density at radius 1 is 1.11 bits per heavy atom. The Balaban J connectivity index is 2.48. The lowest BCUT2D eigenvalue weighted by molar-refractivity contribution is 0.747. The van der Waals surface area contributed by atoms with E-state index in [4.69, 9.17) is 5.73 Å².